The molecule has 0 aliphatic heterocycles. The molecule has 4 rings (SSSR count). The summed E-state index contributed by atoms with van der Waals surface area (Å²) < 4.78 is 20.8. The number of nitro groups is 1. The van der Waals surface area contributed by atoms with Gasteiger partial charge in [-0.3, -0.25) is 14.9 Å². The van der Waals surface area contributed by atoms with Crippen LogP contribution in [0.15, 0.2) is 71.1 Å². The number of nitrogens with zero attached hydrogens (tertiary/aromatic N) is 3. The first kappa shape index (κ1) is 19.1. The van der Waals surface area contributed by atoms with E-state index in [1.165, 1.54) is 47.1 Å². The Morgan fingerprint density at radius 3 is 2.63 bits per heavy atom. The number of hydrogen-bond acceptors (Lipinski definition) is 5. The highest BCUT2D eigenvalue weighted by Gasteiger charge is 2.21. The van der Waals surface area contributed by atoms with Gasteiger partial charge < -0.3 is 9.73 Å². The Labute approximate surface area is 169 Å². The lowest BCUT2D eigenvalue weighted by Crippen LogP contribution is -2.17. The second kappa shape index (κ2) is 7.63. The summed E-state index contributed by atoms with van der Waals surface area (Å²) in [5, 5.41) is 18.1. The maximum Gasteiger partial charge on any atom is 0.274 e. The highest BCUT2D eigenvalue weighted by molar-refractivity contribution is 6.04. The van der Waals surface area contributed by atoms with Crippen molar-refractivity contribution in [1.82, 2.24) is 9.78 Å². The van der Waals surface area contributed by atoms with Gasteiger partial charge in [-0.2, -0.15) is 5.10 Å². The summed E-state index contributed by atoms with van der Waals surface area (Å²) in [5.74, 6) is -0.133. The Morgan fingerprint density at radius 2 is 1.93 bits per heavy atom. The summed E-state index contributed by atoms with van der Waals surface area (Å²) in [6.45, 7) is 1.77. The molecule has 0 atom stereocenters. The minimum absolute atomic E-state index is 0.00434. The molecule has 1 N–H and O–H groups in total. The lowest BCUT2D eigenvalue weighted by molar-refractivity contribution is -0.384. The summed E-state index contributed by atoms with van der Waals surface area (Å²) in [6, 6.07) is 16.4. The molecular weight excluding hydrogens is 391 g/mol. The number of anilines is 1. The van der Waals surface area contributed by atoms with Crippen LogP contribution in [0, 0.1) is 22.9 Å². The number of rotatable bonds is 5. The molecule has 30 heavy (non-hydrogen) atoms. The number of aryl methyl sites for hydroxylation is 1. The third-order valence-electron chi connectivity index (χ3n) is 4.34. The molecule has 0 fully saturated rings. The minimum atomic E-state index is -0.631. The number of carbonyl (C=O) groups is 1. The SMILES string of the molecule is Cc1ccc(-c2cc(C(=O)Nc3ccccc3F)n(-c3cccc([N+](=O)[O-])c3)n2)o1. The predicted octanol–water partition coefficient (Wildman–Crippen LogP) is 4.74. The summed E-state index contributed by atoms with van der Waals surface area (Å²) >= 11 is 0. The van der Waals surface area contributed by atoms with Gasteiger partial charge in [0.25, 0.3) is 11.6 Å². The molecule has 8 nitrogen and oxygen atoms in total. The molecule has 0 spiro atoms. The molecule has 1 amide bonds. The molecule has 2 heterocycles. The van der Waals surface area contributed by atoms with Crippen molar-refractivity contribution in [3.8, 4) is 17.1 Å². The molecule has 0 saturated heterocycles. The first-order chi connectivity index (χ1) is 14.4. The fourth-order valence-electron chi connectivity index (χ4n) is 2.92. The van der Waals surface area contributed by atoms with E-state index >= 15 is 0 Å². The van der Waals surface area contributed by atoms with Gasteiger partial charge in [0, 0.05) is 18.2 Å². The molecule has 0 unspecified atom stereocenters. The standard InChI is InChI=1S/C21H15FN4O4/c1-13-9-10-20(30-13)18-12-19(21(27)23-17-8-3-2-7-16(17)22)25(24-18)14-5-4-6-15(11-14)26(28)29/h2-12H,1H3,(H,23,27). The van der Waals surface area contributed by atoms with Gasteiger partial charge in [-0.05, 0) is 37.3 Å². The van der Waals surface area contributed by atoms with Crippen molar-refractivity contribution in [3.63, 3.8) is 0 Å². The number of hydrogen-bond donors (Lipinski definition) is 1. The van der Waals surface area contributed by atoms with E-state index in [4.69, 9.17) is 4.42 Å². The summed E-state index contributed by atoms with van der Waals surface area (Å²) in [4.78, 5) is 23.5. The topological polar surface area (TPSA) is 103 Å². The Bertz CT molecular complexity index is 1260. The van der Waals surface area contributed by atoms with Gasteiger partial charge in [-0.15, -0.1) is 0 Å². The van der Waals surface area contributed by atoms with Crippen molar-refractivity contribution < 1.29 is 18.5 Å². The predicted molar refractivity (Wildman–Crippen MR) is 107 cm³/mol. The first-order valence-corrected chi connectivity index (χ1v) is 8.90. The monoisotopic (exact) mass is 406 g/mol. The molecule has 0 bridgehead atoms. The van der Waals surface area contributed by atoms with Gasteiger partial charge in [0.1, 0.15) is 23.0 Å². The van der Waals surface area contributed by atoms with Crippen LogP contribution in [-0.2, 0) is 0 Å². The van der Waals surface area contributed by atoms with Crippen LogP contribution in [0.25, 0.3) is 17.1 Å². The average molecular weight is 406 g/mol. The van der Waals surface area contributed by atoms with E-state index < -0.39 is 16.6 Å². The van der Waals surface area contributed by atoms with E-state index in [1.807, 2.05) is 0 Å². The molecular formula is C21H15FN4O4. The van der Waals surface area contributed by atoms with Crippen LogP contribution in [0.3, 0.4) is 0 Å². The Hall–Kier alpha value is -4.27. The average Bonchev–Trinajstić information content (AvgIpc) is 3.36. The number of amides is 1. The number of para-hydroxylation sites is 1. The van der Waals surface area contributed by atoms with Gasteiger partial charge in [0.05, 0.1) is 16.3 Å². The molecule has 0 aliphatic carbocycles. The quantitative estimate of drug-likeness (QED) is 0.381. The Balaban J connectivity index is 1.80. The van der Waals surface area contributed by atoms with Crippen LogP contribution >= 0.6 is 0 Å². The zero-order chi connectivity index (χ0) is 21.3. The van der Waals surface area contributed by atoms with E-state index in [-0.39, 0.29) is 17.1 Å². The van der Waals surface area contributed by atoms with Crippen LogP contribution in [0.4, 0.5) is 15.8 Å². The van der Waals surface area contributed by atoms with Gasteiger partial charge in [0.15, 0.2) is 5.76 Å². The summed E-state index contributed by atoms with van der Waals surface area (Å²) in [7, 11) is 0. The third-order valence-corrected chi connectivity index (χ3v) is 4.34. The lowest BCUT2D eigenvalue weighted by Gasteiger charge is -2.09. The van der Waals surface area contributed by atoms with E-state index in [0.29, 0.717) is 22.9 Å². The van der Waals surface area contributed by atoms with Crippen LogP contribution in [-0.4, -0.2) is 20.6 Å². The number of nitrogens with one attached hydrogen (secondary N) is 1. The molecule has 2 aromatic carbocycles. The number of halogens is 1. The van der Waals surface area contributed by atoms with E-state index in [2.05, 4.69) is 10.4 Å². The van der Waals surface area contributed by atoms with Crippen LogP contribution in [0.1, 0.15) is 16.2 Å². The van der Waals surface area contributed by atoms with Crippen LogP contribution in [0.2, 0.25) is 0 Å². The molecule has 2 aromatic heterocycles. The fraction of sp³-hybridized carbons (Fsp3) is 0.0476. The van der Waals surface area contributed by atoms with Crippen molar-refractivity contribution in [2.24, 2.45) is 0 Å². The Kier molecular flexibility index (Phi) is 4.85. The van der Waals surface area contributed by atoms with Crippen molar-refractivity contribution in [3.05, 3.63) is 94.1 Å². The van der Waals surface area contributed by atoms with Crippen LogP contribution in [0.5, 0.6) is 0 Å². The number of carbonyl (C=O) groups excluding carboxylic acids is 1. The highest BCUT2D eigenvalue weighted by Crippen LogP contribution is 2.26. The van der Waals surface area contributed by atoms with Crippen molar-refractivity contribution in [1.29, 1.82) is 0 Å². The van der Waals surface area contributed by atoms with Gasteiger partial charge in [0.2, 0.25) is 0 Å². The fourth-order valence-corrected chi connectivity index (χ4v) is 2.92. The van der Waals surface area contributed by atoms with Gasteiger partial charge in [-0.25, -0.2) is 9.07 Å². The molecule has 0 radical (unpaired) electrons. The number of benzene rings is 2. The number of non-ortho nitro benzene ring substituents is 1. The third kappa shape index (κ3) is 3.68. The number of aromatic nitrogens is 2. The van der Waals surface area contributed by atoms with E-state index in [0.717, 1.165) is 0 Å². The lowest BCUT2D eigenvalue weighted by atomic mass is 10.2. The maximum absolute atomic E-state index is 14.0. The normalized spacial score (nSPS) is 10.7. The smallest absolute Gasteiger partial charge is 0.274 e. The second-order valence-corrected chi connectivity index (χ2v) is 6.45. The zero-order valence-corrected chi connectivity index (χ0v) is 15.7. The largest absolute Gasteiger partial charge is 0.460 e. The molecule has 0 aliphatic rings. The van der Waals surface area contributed by atoms with Crippen molar-refractivity contribution in [2.75, 3.05) is 5.32 Å². The molecule has 4 aromatic rings. The summed E-state index contributed by atoms with van der Waals surface area (Å²) in [5.41, 5.74) is 0.567. The van der Waals surface area contributed by atoms with Crippen molar-refractivity contribution >= 4 is 17.3 Å². The summed E-state index contributed by atoms with van der Waals surface area (Å²) in [6.07, 6.45) is 0. The van der Waals surface area contributed by atoms with Crippen LogP contribution < -0.4 is 5.32 Å². The highest BCUT2D eigenvalue weighted by atomic mass is 19.1. The van der Waals surface area contributed by atoms with Gasteiger partial charge in [-0.1, -0.05) is 18.2 Å². The Morgan fingerprint density at radius 1 is 1.13 bits per heavy atom. The maximum atomic E-state index is 14.0. The van der Waals surface area contributed by atoms with E-state index in [9.17, 15) is 19.3 Å². The number of furan rings is 1. The second-order valence-electron chi connectivity index (χ2n) is 6.45. The molecule has 9 heteroatoms. The number of nitro benzene ring substituents is 1. The zero-order valence-electron chi connectivity index (χ0n) is 15.7. The van der Waals surface area contributed by atoms with Crippen molar-refractivity contribution in [2.45, 2.75) is 6.92 Å². The van der Waals surface area contributed by atoms with Gasteiger partial charge >= 0.3 is 0 Å². The molecule has 0 saturated carbocycles. The first-order valence-electron chi connectivity index (χ1n) is 8.90. The molecule has 150 valence electrons. The minimum Gasteiger partial charge on any atom is -0.460 e. The van der Waals surface area contributed by atoms with E-state index in [1.54, 1.807) is 31.2 Å².